The Bertz CT molecular complexity index is 2250. The first-order valence-corrected chi connectivity index (χ1v) is 16.1. The Kier molecular flexibility index (Phi) is 7.63. The van der Waals surface area contributed by atoms with Crippen LogP contribution in [0.3, 0.4) is 0 Å². The molecule has 0 aliphatic carbocycles. The van der Waals surface area contributed by atoms with E-state index in [1.54, 1.807) is 0 Å². The van der Waals surface area contributed by atoms with Crippen LogP contribution in [0.25, 0.3) is 55.3 Å². The van der Waals surface area contributed by atoms with Crippen LogP contribution in [-0.2, 0) is 0 Å². The Morgan fingerprint density at radius 2 is 0.660 bits per heavy atom. The molecule has 0 N–H and O–H groups in total. The Morgan fingerprint density at radius 3 is 1.26 bits per heavy atom. The van der Waals surface area contributed by atoms with E-state index in [1.807, 2.05) is 0 Å². The van der Waals surface area contributed by atoms with Crippen molar-refractivity contribution >= 4 is 27.8 Å². The highest BCUT2D eigenvalue weighted by Gasteiger charge is 2.14. The molecule has 0 amide bonds. The third-order valence-corrected chi connectivity index (χ3v) is 8.87. The van der Waals surface area contributed by atoms with Gasteiger partial charge in [0.1, 0.15) is 0 Å². The summed E-state index contributed by atoms with van der Waals surface area (Å²) in [4.78, 5) is 2.32. The lowest BCUT2D eigenvalue weighted by atomic mass is 9.91. The van der Waals surface area contributed by atoms with Gasteiger partial charge >= 0.3 is 0 Å². The molecule has 8 aromatic rings. The number of anilines is 3. The molecule has 0 atom stereocenters. The summed E-state index contributed by atoms with van der Waals surface area (Å²) in [6.45, 7) is 0. The van der Waals surface area contributed by atoms with Crippen molar-refractivity contribution in [2.75, 3.05) is 4.90 Å². The van der Waals surface area contributed by atoms with Gasteiger partial charge in [-0.1, -0.05) is 152 Å². The summed E-state index contributed by atoms with van der Waals surface area (Å²) in [5, 5.41) is 2.51. The number of hydrogen-bond donors (Lipinski definition) is 0. The summed E-state index contributed by atoms with van der Waals surface area (Å²) in [5.74, 6) is 0. The highest BCUT2D eigenvalue weighted by atomic mass is 15.1. The minimum absolute atomic E-state index is 1.11. The molecule has 0 aliphatic heterocycles. The van der Waals surface area contributed by atoms with E-state index in [9.17, 15) is 0 Å². The van der Waals surface area contributed by atoms with Crippen LogP contribution in [0.4, 0.5) is 17.1 Å². The molecule has 0 saturated carbocycles. The highest BCUT2D eigenvalue weighted by molar-refractivity contribution is 5.89. The lowest BCUT2D eigenvalue weighted by molar-refractivity contribution is 1.28. The lowest BCUT2D eigenvalue weighted by Gasteiger charge is -2.26. The Balaban J connectivity index is 1.14. The monoisotopic (exact) mass is 599 g/mol. The van der Waals surface area contributed by atoms with Crippen LogP contribution in [0.15, 0.2) is 200 Å². The summed E-state index contributed by atoms with van der Waals surface area (Å²) in [7, 11) is 0. The van der Waals surface area contributed by atoms with Gasteiger partial charge in [-0.25, -0.2) is 0 Å². The Morgan fingerprint density at radius 1 is 0.234 bits per heavy atom. The molecule has 0 aromatic heterocycles. The standard InChI is InChI=1S/C46H33N/c1-4-13-37(14-5-1)45-31-26-41(33-46(45)38-15-6-2-7-16-38)36-24-29-44(30-25-36)47(42-18-8-3-9-19-42)43-27-22-35(23-28-43)40-21-20-34-12-10-11-17-39(34)32-40/h1-33H. The Labute approximate surface area is 276 Å². The van der Waals surface area contributed by atoms with E-state index >= 15 is 0 Å². The molecule has 8 rings (SSSR count). The average Bonchev–Trinajstić information content (AvgIpc) is 3.16. The van der Waals surface area contributed by atoms with Gasteiger partial charge in [-0.3, -0.25) is 0 Å². The molecular weight excluding hydrogens is 567 g/mol. The normalized spacial score (nSPS) is 11.0. The van der Waals surface area contributed by atoms with Gasteiger partial charge in [-0.2, -0.15) is 0 Å². The van der Waals surface area contributed by atoms with E-state index in [0.29, 0.717) is 0 Å². The third-order valence-electron chi connectivity index (χ3n) is 8.87. The van der Waals surface area contributed by atoms with Crippen molar-refractivity contribution < 1.29 is 0 Å². The van der Waals surface area contributed by atoms with E-state index in [-0.39, 0.29) is 0 Å². The SMILES string of the molecule is c1ccc(-c2ccc(-c3ccc(N(c4ccccc4)c4ccc(-c5ccc6ccccc6c5)cc4)cc3)cc2-c2ccccc2)cc1. The van der Waals surface area contributed by atoms with Crippen LogP contribution >= 0.6 is 0 Å². The van der Waals surface area contributed by atoms with Gasteiger partial charge in [0.15, 0.2) is 0 Å². The van der Waals surface area contributed by atoms with Crippen molar-refractivity contribution in [3.05, 3.63) is 200 Å². The fourth-order valence-corrected chi connectivity index (χ4v) is 6.45. The van der Waals surface area contributed by atoms with Gasteiger partial charge in [-0.05, 0) is 104 Å². The zero-order valence-corrected chi connectivity index (χ0v) is 26.0. The maximum Gasteiger partial charge on any atom is 0.0462 e. The molecule has 0 fully saturated rings. The second kappa shape index (κ2) is 12.7. The second-order valence-corrected chi connectivity index (χ2v) is 11.8. The van der Waals surface area contributed by atoms with Crippen LogP contribution < -0.4 is 4.90 Å². The van der Waals surface area contributed by atoms with Crippen LogP contribution in [0.5, 0.6) is 0 Å². The van der Waals surface area contributed by atoms with Crippen LogP contribution in [-0.4, -0.2) is 0 Å². The quantitative estimate of drug-likeness (QED) is 0.176. The summed E-state index contributed by atoms with van der Waals surface area (Å²) in [6.07, 6.45) is 0. The van der Waals surface area contributed by atoms with E-state index in [1.165, 1.54) is 55.3 Å². The fourth-order valence-electron chi connectivity index (χ4n) is 6.45. The van der Waals surface area contributed by atoms with Crippen LogP contribution in [0.2, 0.25) is 0 Å². The molecule has 0 saturated heterocycles. The van der Waals surface area contributed by atoms with Gasteiger partial charge in [0.05, 0.1) is 0 Å². The number of benzene rings is 8. The van der Waals surface area contributed by atoms with Gasteiger partial charge in [0.2, 0.25) is 0 Å². The zero-order valence-electron chi connectivity index (χ0n) is 26.0. The summed E-state index contributed by atoms with van der Waals surface area (Å²) < 4.78 is 0. The van der Waals surface area contributed by atoms with E-state index < -0.39 is 0 Å². The first-order chi connectivity index (χ1) is 23.3. The Hall–Kier alpha value is -6.18. The summed E-state index contributed by atoms with van der Waals surface area (Å²) >= 11 is 0. The summed E-state index contributed by atoms with van der Waals surface area (Å²) in [6, 6.07) is 71.8. The van der Waals surface area contributed by atoms with Gasteiger partial charge in [0, 0.05) is 17.1 Å². The zero-order chi connectivity index (χ0) is 31.4. The molecular formula is C46H33N. The number of fused-ring (bicyclic) bond motifs is 1. The van der Waals surface area contributed by atoms with Crippen LogP contribution in [0, 0.1) is 0 Å². The van der Waals surface area contributed by atoms with Crippen molar-refractivity contribution in [3.63, 3.8) is 0 Å². The molecule has 0 aliphatic rings. The maximum atomic E-state index is 2.33. The van der Waals surface area contributed by atoms with E-state index in [2.05, 4.69) is 205 Å². The number of nitrogens with zero attached hydrogens (tertiary/aromatic N) is 1. The summed E-state index contributed by atoms with van der Waals surface area (Å²) in [5.41, 5.74) is 13.1. The molecule has 8 aromatic carbocycles. The topological polar surface area (TPSA) is 3.24 Å². The fraction of sp³-hybridized carbons (Fsp3) is 0. The number of rotatable bonds is 7. The molecule has 0 heterocycles. The lowest BCUT2D eigenvalue weighted by Crippen LogP contribution is -2.09. The van der Waals surface area contributed by atoms with Crippen molar-refractivity contribution in [1.82, 2.24) is 0 Å². The van der Waals surface area contributed by atoms with Crippen LogP contribution in [0.1, 0.15) is 0 Å². The maximum absolute atomic E-state index is 2.33. The molecule has 0 spiro atoms. The van der Waals surface area contributed by atoms with Crippen molar-refractivity contribution in [3.8, 4) is 44.5 Å². The van der Waals surface area contributed by atoms with Crippen molar-refractivity contribution in [2.45, 2.75) is 0 Å². The van der Waals surface area contributed by atoms with Gasteiger partial charge in [0.25, 0.3) is 0 Å². The minimum atomic E-state index is 1.11. The first-order valence-electron chi connectivity index (χ1n) is 16.1. The van der Waals surface area contributed by atoms with E-state index in [4.69, 9.17) is 0 Å². The second-order valence-electron chi connectivity index (χ2n) is 11.8. The smallest absolute Gasteiger partial charge is 0.0462 e. The van der Waals surface area contributed by atoms with Gasteiger partial charge in [-0.15, -0.1) is 0 Å². The molecule has 47 heavy (non-hydrogen) atoms. The molecule has 1 heteroatoms. The van der Waals surface area contributed by atoms with E-state index in [0.717, 1.165) is 17.1 Å². The molecule has 0 unspecified atom stereocenters. The van der Waals surface area contributed by atoms with Gasteiger partial charge < -0.3 is 4.90 Å². The minimum Gasteiger partial charge on any atom is -0.311 e. The average molecular weight is 600 g/mol. The first kappa shape index (κ1) is 28.3. The molecule has 0 radical (unpaired) electrons. The number of hydrogen-bond acceptors (Lipinski definition) is 1. The highest BCUT2D eigenvalue weighted by Crippen LogP contribution is 2.39. The number of para-hydroxylation sites is 1. The van der Waals surface area contributed by atoms with Crippen molar-refractivity contribution in [2.24, 2.45) is 0 Å². The molecule has 222 valence electrons. The third kappa shape index (κ3) is 5.83. The van der Waals surface area contributed by atoms with Crippen molar-refractivity contribution in [1.29, 1.82) is 0 Å². The predicted molar refractivity (Wildman–Crippen MR) is 200 cm³/mol. The predicted octanol–water partition coefficient (Wildman–Crippen LogP) is 13.0. The molecule has 0 bridgehead atoms. The molecule has 1 nitrogen and oxygen atoms in total. The largest absolute Gasteiger partial charge is 0.311 e.